The third kappa shape index (κ3) is 5.42. The van der Waals surface area contributed by atoms with Crippen LogP contribution in [0.3, 0.4) is 0 Å². The summed E-state index contributed by atoms with van der Waals surface area (Å²) in [4.78, 5) is 17.8. The molecule has 8 heteroatoms. The molecule has 0 aliphatic carbocycles. The van der Waals surface area contributed by atoms with Gasteiger partial charge in [-0.05, 0) is 62.9 Å². The lowest BCUT2D eigenvalue weighted by Gasteiger charge is -2.33. The minimum absolute atomic E-state index is 0.0473. The molecule has 2 heterocycles. The fraction of sp³-hybridized carbons (Fsp3) is 0.400. The molecule has 0 spiro atoms. The molecule has 1 N–H and O–H groups in total. The Balaban J connectivity index is 1.49. The van der Waals surface area contributed by atoms with Crippen LogP contribution < -0.4 is 10.1 Å². The number of carbonyl (C=O) groups excluding carboxylic acids is 1. The van der Waals surface area contributed by atoms with E-state index in [4.69, 9.17) is 4.74 Å². The number of hydrogen-bond donors (Lipinski definition) is 1. The van der Waals surface area contributed by atoms with Crippen LogP contribution in [0.1, 0.15) is 26.7 Å². The molecule has 1 amide bonds. The summed E-state index contributed by atoms with van der Waals surface area (Å²) < 4.78 is 34.3. The third-order valence-corrected chi connectivity index (χ3v) is 5.54. The van der Waals surface area contributed by atoms with E-state index in [1.165, 1.54) is 6.07 Å². The molecule has 3 rings (SSSR count). The largest absolute Gasteiger partial charge is 0.478 e. The maximum Gasteiger partial charge on any atom is 0.263 e. The van der Waals surface area contributed by atoms with Gasteiger partial charge in [0, 0.05) is 42.5 Å². The first-order chi connectivity index (χ1) is 13.3. The average Bonchev–Trinajstić information content (AvgIpc) is 2.67. The minimum atomic E-state index is -1.20. The number of piperidine rings is 1. The zero-order valence-electron chi connectivity index (χ0n) is 15.8. The van der Waals surface area contributed by atoms with Crippen molar-refractivity contribution in [2.24, 2.45) is 0 Å². The highest BCUT2D eigenvalue weighted by Crippen LogP contribution is 2.26. The SMILES string of the molecule is CC(C)(Oc1ccc(F)c(F)c1)C(=O)NC1CCN(Sc2cccnc2)CC1. The number of pyridine rings is 1. The number of amides is 1. The molecule has 0 saturated carbocycles. The Bertz CT molecular complexity index is 812. The van der Waals surface area contributed by atoms with Crippen molar-refractivity contribution >= 4 is 17.9 Å². The van der Waals surface area contributed by atoms with Gasteiger partial charge in [-0.25, -0.2) is 13.1 Å². The summed E-state index contributed by atoms with van der Waals surface area (Å²) in [5.74, 6) is -2.13. The van der Waals surface area contributed by atoms with Crippen molar-refractivity contribution in [3.05, 3.63) is 54.4 Å². The molecule has 2 aromatic rings. The number of benzene rings is 1. The Hall–Kier alpha value is -2.19. The lowest BCUT2D eigenvalue weighted by atomic mass is 10.0. The Labute approximate surface area is 167 Å². The van der Waals surface area contributed by atoms with E-state index < -0.39 is 17.2 Å². The molecule has 5 nitrogen and oxygen atoms in total. The second-order valence-electron chi connectivity index (χ2n) is 7.15. The van der Waals surface area contributed by atoms with Gasteiger partial charge in [0.25, 0.3) is 5.91 Å². The van der Waals surface area contributed by atoms with Crippen molar-refractivity contribution in [3.63, 3.8) is 0 Å². The highest BCUT2D eigenvalue weighted by molar-refractivity contribution is 7.97. The van der Waals surface area contributed by atoms with Crippen molar-refractivity contribution in [2.75, 3.05) is 13.1 Å². The van der Waals surface area contributed by atoms with Crippen LogP contribution in [0.15, 0.2) is 47.6 Å². The normalized spacial score (nSPS) is 16.0. The van der Waals surface area contributed by atoms with Gasteiger partial charge < -0.3 is 10.1 Å². The maximum absolute atomic E-state index is 13.4. The number of aromatic nitrogens is 1. The van der Waals surface area contributed by atoms with Crippen molar-refractivity contribution in [1.82, 2.24) is 14.6 Å². The van der Waals surface area contributed by atoms with E-state index in [0.717, 1.165) is 43.0 Å². The number of carbonyl (C=O) groups is 1. The summed E-state index contributed by atoms with van der Waals surface area (Å²) in [6, 6.07) is 7.20. The first kappa shape index (κ1) is 20.5. The summed E-state index contributed by atoms with van der Waals surface area (Å²) in [5.41, 5.74) is -1.20. The lowest BCUT2D eigenvalue weighted by molar-refractivity contribution is -0.135. The van der Waals surface area contributed by atoms with E-state index >= 15 is 0 Å². The number of nitrogens with one attached hydrogen (secondary N) is 1. The van der Waals surface area contributed by atoms with Gasteiger partial charge in [0.1, 0.15) is 5.75 Å². The molecule has 1 saturated heterocycles. The van der Waals surface area contributed by atoms with Crippen LogP contribution in [0.5, 0.6) is 5.75 Å². The topological polar surface area (TPSA) is 54.5 Å². The van der Waals surface area contributed by atoms with E-state index in [9.17, 15) is 13.6 Å². The summed E-state index contributed by atoms with van der Waals surface area (Å²) >= 11 is 1.66. The Morgan fingerprint density at radius 2 is 2.00 bits per heavy atom. The molecule has 1 fully saturated rings. The fourth-order valence-electron chi connectivity index (χ4n) is 2.88. The first-order valence-corrected chi connectivity index (χ1v) is 9.89. The minimum Gasteiger partial charge on any atom is -0.478 e. The van der Waals surface area contributed by atoms with Crippen LogP contribution in [0.4, 0.5) is 8.78 Å². The van der Waals surface area contributed by atoms with Crippen LogP contribution >= 0.6 is 11.9 Å². The summed E-state index contributed by atoms with van der Waals surface area (Å²) in [6.45, 7) is 4.90. The zero-order valence-corrected chi connectivity index (χ0v) is 16.6. The molecular weight excluding hydrogens is 384 g/mol. The Morgan fingerprint density at radius 1 is 1.25 bits per heavy atom. The van der Waals surface area contributed by atoms with Gasteiger partial charge in [-0.15, -0.1) is 0 Å². The molecule has 0 unspecified atom stereocenters. The van der Waals surface area contributed by atoms with Gasteiger partial charge in [-0.1, -0.05) is 0 Å². The van der Waals surface area contributed by atoms with Crippen LogP contribution in [0.25, 0.3) is 0 Å². The lowest BCUT2D eigenvalue weighted by Crippen LogP contribution is -2.52. The summed E-state index contributed by atoms with van der Waals surface area (Å²) in [5, 5.41) is 3.01. The third-order valence-electron chi connectivity index (χ3n) is 4.47. The summed E-state index contributed by atoms with van der Waals surface area (Å²) in [6.07, 6.45) is 5.22. The second-order valence-corrected chi connectivity index (χ2v) is 8.32. The molecule has 0 radical (unpaired) electrons. The highest BCUT2D eigenvalue weighted by atomic mass is 32.2. The highest BCUT2D eigenvalue weighted by Gasteiger charge is 2.33. The standard InChI is InChI=1S/C20H23F2N3O2S/c1-20(2,27-15-5-6-17(21)18(22)12-15)19(26)24-14-7-10-25(11-8-14)28-16-4-3-9-23-13-16/h3-6,9,12-14H,7-8,10-11H2,1-2H3,(H,24,26). The van der Waals surface area contributed by atoms with E-state index in [2.05, 4.69) is 14.6 Å². The second kappa shape index (κ2) is 8.87. The zero-order chi connectivity index (χ0) is 20.1. The van der Waals surface area contributed by atoms with E-state index in [-0.39, 0.29) is 17.7 Å². The van der Waals surface area contributed by atoms with Gasteiger partial charge in [0.2, 0.25) is 0 Å². The Kier molecular flexibility index (Phi) is 6.51. The monoisotopic (exact) mass is 407 g/mol. The van der Waals surface area contributed by atoms with E-state index in [0.29, 0.717) is 0 Å². The molecule has 0 atom stereocenters. The van der Waals surface area contributed by atoms with Gasteiger partial charge >= 0.3 is 0 Å². The molecule has 28 heavy (non-hydrogen) atoms. The molecule has 1 aromatic heterocycles. The first-order valence-electron chi connectivity index (χ1n) is 9.11. The van der Waals surface area contributed by atoms with Crippen LogP contribution in [0.2, 0.25) is 0 Å². The van der Waals surface area contributed by atoms with Crippen LogP contribution in [0, 0.1) is 11.6 Å². The number of rotatable bonds is 6. The van der Waals surface area contributed by atoms with Crippen molar-refractivity contribution in [2.45, 2.75) is 43.2 Å². The van der Waals surface area contributed by atoms with Crippen molar-refractivity contribution in [3.8, 4) is 5.75 Å². The number of nitrogens with zero attached hydrogens (tertiary/aromatic N) is 2. The predicted molar refractivity (Wildman–Crippen MR) is 104 cm³/mol. The number of halogens is 2. The molecular formula is C20H23F2N3O2S. The van der Waals surface area contributed by atoms with Crippen molar-refractivity contribution in [1.29, 1.82) is 0 Å². The van der Waals surface area contributed by atoms with Gasteiger partial charge in [-0.2, -0.15) is 0 Å². The smallest absolute Gasteiger partial charge is 0.263 e. The molecule has 150 valence electrons. The maximum atomic E-state index is 13.4. The molecule has 1 aliphatic heterocycles. The quantitative estimate of drug-likeness (QED) is 0.738. The molecule has 1 aromatic carbocycles. The van der Waals surface area contributed by atoms with Crippen LogP contribution in [-0.2, 0) is 4.79 Å². The number of ether oxygens (including phenoxy) is 1. The van der Waals surface area contributed by atoms with Gasteiger partial charge in [0.15, 0.2) is 17.2 Å². The molecule has 1 aliphatic rings. The van der Waals surface area contributed by atoms with Crippen molar-refractivity contribution < 1.29 is 18.3 Å². The fourth-order valence-corrected chi connectivity index (χ4v) is 3.82. The van der Waals surface area contributed by atoms with E-state index in [1.807, 2.05) is 18.3 Å². The van der Waals surface area contributed by atoms with Gasteiger partial charge in [-0.3, -0.25) is 9.78 Å². The van der Waals surface area contributed by atoms with Crippen LogP contribution in [-0.4, -0.2) is 39.9 Å². The molecule has 0 bridgehead atoms. The van der Waals surface area contributed by atoms with E-state index in [1.54, 1.807) is 32.0 Å². The predicted octanol–water partition coefficient (Wildman–Crippen LogP) is 3.81. The number of hydrogen-bond acceptors (Lipinski definition) is 5. The van der Waals surface area contributed by atoms with Gasteiger partial charge in [0.05, 0.1) is 0 Å². The Morgan fingerprint density at radius 3 is 2.64 bits per heavy atom. The average molecular weight is 407 g/mol. The summed E-state index contributed by atoms with van der Waals surface area (Å²) in [7, 11) is 0.